The molecule has 4 amide bonds. The summed E-state index contributed by atoms with van der Waals surface area (Å²) in [5.41, 5.74) is 0.0947. The number of imide groups is 1. The highest BCUT2D eigenvalue weighted by molar-refractivity contribution is 7.16. The van der Waals surface area contributed by atoms with E-state index in [2.05, 4.69) is 10.3 Å². The molecule has 0 bridgehead atoms. The first-order chi connectivity index (χ1) is 12.9. The second-order valence-electron chi connectivity index (χ2n) is 6.82. The van der Waals surface area contributed by atoms with Crippen LogP contribution in [0.4, 0.5) is 4.79 Å². The Morgan fingerprint density at radius 2 is 1.85 bits per heavy atom. The van der Waals surface area contributed by atoms with Gasteiger partial charge < -0.3 is 9.88 Å². The van der Waals surface area contributed by atoms with Gasteiger partial charge in [-0.15, -0.1) is 0 Å². The van der Waals surface area contributed by atoms with Gasteiger partial charge in [-0.25, -0.2) is 4.79 Å². The van der Waals surface area contributed by atoms with E-state index in [4.69, 9.17) is 0 Å². The molecule has 0 spiro atoms. The van der Waals surface area contributed by atoms with Gasteiger partial charge in [-0.1, -0.05) is 50.2 Å². The molecule has 7 nitrogen and oxygen atoms in total. The smallest absolute Gasteiger partial charge is 0.323 e. The number of hydrogen-bond acceptors (Lipinski definition) is 4. The number of benzene rings is 1. The van der Waals surface area contributed by atoms with E-state index >= 15 is 0 Å². The second-order valence-corrected chi connectivity index (χ2v) is 7.83. The molecule has 8 heteroatoms. The third-order valence-electron chi connectivity index (χ3n) is 4.83. The number of urea groups is 1. The standard InChI is InChI=1S/C19H24N4O3S/c1-4-10-19(11-5-2)16(25)23(17(26)21-19)12-15(24)20-18-22(3)13-8-6-7-9-14(13)27-18/h6-9H,4-5,10-12H2,1-3H3,(H,21,26). The fourth-order valence-corrected chi connectivity index (χ4v) is 4.64. The predicted molar refractivity (Wildman–Crippen MR) is 104 cm³/mol. The van der Waals surface area contributed by atoms with Gasteiger partial charge in [0.1, 0.15) is 12.1 Å². The minimum atomic E-state index is -0.886. The third kappa shape index (κ3) is 3.53. The average molecular weight is 388 g/mol. The van der Waals surface area contributed by atoms with Crippen molar-refractivity contribution in [2.24, 2.45) is 12.0 Å². The zero-order valence-electron chi connectivity index (χ0n) is 15.8. The van der Waals surface area contributed by atoms with E-state index in [1.807, 2.05) is 49.7 Å². The van der Waals surface area contributed by atoms with Gasteiger partial charge in [0.15, 0.2) is 4.80 Å². The molecule has 1 aromatic heterocycles. The van der Waals surface area contributed by atoms with E-state index in [1.54, 1.807) is 0 Å². The Labute approximate surface area is 161 Å². The van der Waals surface area contributed by atoms with Gasteiger partial charge in [0.2, 0.25) is 0 Å². The minimum Gasteiger partial charge on any atom is -0.323 e. The molecule has 0 saturated carbocycles. The topological polar surface area (TPSA) is 83.8 Å². The van der Waals surface area contributed by atoms with Crippen molar-refractivity contribution >= 4 is 39.4 Å². The van der Waals surface area contributed by atoms with Gasteiger partial charge in [-0.05, 0) is 25.0 Å². The summed E-state index contributed by atoms with van der Waals surface area (Å²) in [7, 11) is 1.84. The molecular formula is C19H24N4O3S. The van der Waals surface area contributed by atoms with Crippen LogP contribution in [0.2, 0.25) is 0 Å². The Balaban J connectivity index is 1.84. The fraction of sp³-hybridized carbons (Fsp3) is 0.474. The summed E-state index contributed by atoms with van der Waals surface area (Å²) in [5, 5.41) is 2.81. The number of para-hydroxylation sites is 1. The third-order valence-corrected chi connectivity index (χ3v) is 5.94. The summed E-state index contributed by atoms with van der Waals surface area (Å²) >= 11 is 1.40. The number of thiazole rings is 1. The lowest BCUT2D eigenvalue weighted by Crippen LogP contribution is -2.47. The van der Waals surface area contributed by atoms with E-state index in [-0.39, 0.29) is 12.5 Å². The van der Waals surface area contributed by atoms with Gasteiger partial charge in [-0.3, -0.25) is 14.5 Å². The number of carbonyl (C=O) groups excluding carboxylic acids is 3. The molecule has 27 heavy (non-hydrogen) atoms. The number of hydrogen-bond donors (Lipinski definition) is 1. The summed E-state index contributed by atoms with van der Waals surface area (Å²) in [5.74, 6) is -0.829. The van der Waals surface area contributed by atoms with Crippen molar-refractivity contribution in [3.63, 3.8) is 0 Å². The van der Waals surface area contributed by atoms with Crippen LogP contribution in [0.5, 0.6) is 0 Å². The maximum atomic E-state index is 12.9. The predicted octanol–water partition coefficient (Wildman–Crippen LogP) is 2.56. The van der Waals surface area contributed by atoms with Crippen LogP contribution in [0.25, 0.3) is 10.2 Å². The lowest BCUT2D eigenvalue weighted by molar-refractivity contribution is -0.134. The molecule has 1 saturated heterocycles. The van der Waals surface area contributed by atoms with Crippen LogP contribution >= 0.6 is 11.3 Å². The van der Waals surface area contributed by atoms with Crippen LogP contribution in [0.3, 0.4) is 0 Å². The van der Waals surface area contributed by atoms with E-state index in [0.29, 0.717) is 17.6 Å². The molecule has 0 atom stereocenters. The highest BCUT2D eigenvalue weighted by Crippen LogP contribution is 2.28. The number of carbonyl (C=O) groups is 3. The average Bonchev–Trinajstić information content (AvgIpc) is 3.06. The number of aromatic nitrogens is 1. The van der Waals surface area contributed by atoms with Crippen LogP contribution < -0.4 is 10.1 Å². The van der Waals surface area contributed by atoms with Gasteiger partial charge >= 0.3 is 6.03 Å². The molecule has 2 aromatic rings. The monoisotopic (exact) mass is 388 g/mol. The quantitative estimate of drug-likeness (QED) is 0.772. The number of nitrogens with zero attached hydrogens (tertiary/aromatic N) is 3. The molecule has 1 aliphatic heterocycles. The number of nitrogens with one attached hydrogen (secondary N) is 1. The zero-order valence-corrected chi connectivity index (χ0v) is 16.6. The number of fused-ring (bicyclic) bond motifs is 1. The normalized spacial score (nSPS) is 17.0. The molecule has 144 valence electrons. The van der Waals surface area contributed by atoms with Gasteiger partial charge in [0.05, 0.1) is 10.2 Å². The summed E-state index contributed by atoms with van der Waals surface area (Å²) in [6.45, 7) is 3.61. The van der Waals surface area contributed by atoms with Crippen molar-refractivity contribution in [2.75, 3.05) is 6.54 Å². The maximum absolute atomic E-state index is 12.9. The molecule has 0 radical (unpaired) electrons. The highest BCUT2D eigenvalue weighted by atomic mass is 32.1. The lowest BCUT2D eigenvalue weighted by Gasteiger charge is -2.25. The molecule has 0 aliphatic carbocycles. The SMILES string of the molecule is CCCC1(CCC)NC(=O)N(CC(=O)N=c2sc3ccccc3n2C)C1=O. The lowest BCUT2D eigenvalue weighted by atomic mass is 9.88. The second kappa shape index (κ2) is 7.64. The van der Waals surface area contributed by atoms with Crippen molar-refractivity contribution in [3.05, 3.63) is 29.1 Å². The molecule has 1 fully saturated rings. The highest BCUT2D eigenvalue weighted by Gasteiger charge is 2.50. The van der Waals surface area contributed by atoms with Crippen LogP contribution in [0, 0.1) is 0 Å². The van der Waals surface area contributed by atoms with Crippen molar-refractivity contribution in [1.29, 1.82) is 0 Å². The Bertz CT molecular complexity index is 953. The Kier molecular flexibility index (Phi) is 5.46. The van der Waals surface area contributed by atoms with E-state index in [0.717, 1.165) is 28.0 Å². The van der Waals surface area contributed by atoms with Crippen LogP contribution in [-0.4, -0.2) is 39.4 Å². The Hall–Kier alpha value is -2.48. The fourth-order valence-electron chi connectivity index (χ4n) is 3.60. The number of aryl methyl sites for hydroxylation is 1. The maximum Gasteiger partial charge on any atom is 0.325 e. The summed E-state index contributed by atoms with van der Waals surface area (Å²) in [4.78, 5) is 43.4. The molecule has 1 aromatic carbocycles. The molecule has 2 heterocycles. The molecule has 0 unspecified atom stereocenters. The first-order valence-corrected chi connectivity index (χ1v) is 9.99. The van der Waals surface area contributed by atoms with E-state index in [1.165, 1.54) is 11.3 Å². The van der Waals surface area contributed by atoms with Gasteiger partial charge in [0, 0.05) is 7.05 Å². The van der Waals surface area contributed by atoms with Crippen molar-refractivity contribution in [1.82, 2.24) is 14.8 Å². The van der Waals surface area contributed by atoms with E-state index in [9.17, 15) is 14.4 Å². The molecule has 1 aliphatic rings. The molecular weight excluding hydrogens is 364 g/mol. The first-order valence-electron chi connectivity index (χ1n) is 9.18. The summed E-state index contributed by atoms with van der Waals surface area (Å²) in [6.07, 6.45) is 2.68. The Morgan fingerprint density at radius 3 is 2.48 bits per heavy atom. The summed E-state index contributed by atoms with van der Waals surface area (Å²) < 4.78 is 2.86. The molecule has 1 N–H and O–H groups in total. The van der Waals surface area contributed by atoms with Crippen LogP contribution in [-0.2, 0) is 16.6 Å². The first kappa shape index (κ1) is 19.3. The summed E-state index contributed by atoms with van der Waals surface area (Å²) in [6, 6.07) is 7.26. The van der Waals surface area contributed by atoms with Crippen LogP contribution in [0.15, 0.2) is 29.3 Å². The number of rotatable bonds is 6. The zero-order chi connectivity index (χ0) is 19.6. The van der Waals surface area contributed by atoms with Crippen molar-refractivity contribution in [2.45, 2.75) is 45.1 Å². The van der Waals surface area contributed by atoms with Gasteiger partial charge in [0.25, 0.3) is 11.8 Å². The van der Waals surface area contributed by atoms with E-state index < -0.39 is 17.5 Å². The Morgan fingerprint density at radius 1 is 1.19 bits per heavy atom. The van der Waals surface area contributed by atoms with Crippen molar-refractivity contribution in [3.8, 4) is 0 Å². The largest absolute Gasteiger partial charge is 0.325 e. The van der Waals surface area contributed by atoms with Crippen LogP contribution in [0.1, 0.15) is 39.5 Å². The minimum absolute atomic E-state index is 0.319. The molecule has 3 rings (SSSR count). The van der Waals surface area contributed by atoms with Gasteiger partial charge in [-0.2, -0.15) is 4.99 Å². The number of amides is 4. The van der Waals surface area contributed by atoms with Crippen molar-refractivity contribution < 1.29 is 14.4 Å².